The average Bonchev–Trinajstić information content (AvgIpc) is 3.53. The first kappa shape index (κ1) is 28.7. The molecule has 1 aromatic heterocycles. The van der Waals surface area contributed by atoms with Crippen molar-refractivity contribution < 1.29 is 0 Å². The van der Waals surface area contributed by atoms with Crippen LogP contribution in [-0.2, 0) is 0 Å². The molecule has 0 saturated carbocycles. The largest absolute Gasteiger partial charge is 0.324 e. The maximum absolute atomic E-state index is 5.25. The van der Waals surface area contributed by atoms with E-state index in [1.807, 2.05) is 12.1 Å². The molecule has 1 unspecified atom stereocenters. The van der Waals surface area contributed by atoms with Crippen LogP contribution in [0.15, 0.2) is 192 Å². The first-order chi connectivity index (χ1) is 24.3. The molecule has 7 aromatic carbocycles. The molecule has 0 bridgehead atoms. The second-order valence-electron chi connectivity index (χ2n) is 12.3. The van der Waals surface area contributed by atoms with Gasteiger partial charge in [0.25, 0.3) is 0 Å². The van der Waals surface area contributed by atoms with Gasteiger partial charge in [-0.3, -0.25) is 0 Å². The molecule has 0 amide bonds. The maximum atomic E-state index is 5.25. The van der Waals surface area contributed by atoms with Gasteiger partial charge >= 0.3 is 0 Å². The van der Waals surface area contributed by atoms with Gasteiger partial charge in [0.05, 0.1) is 11.0 Å². The average molecular weight is 629 g/mol. The molecule has 4 nitrogen and oxygen atoms in total. The molecule has 8 aromatic rings. The number of nitrogens with one attached hydrogen (secondary N) is 1. The van der Waals surface area contributed by atoms with E-state index >= 15 is 0 Å². The molecule has 1 N–H and O–H groups in total. The number of aromatic nitrogens is 1. The Labute approximate surface area is 285 Å². The first-order valence-electron chi connectivity index (χ1n) is 16.6. The number of fused-ring (bicyclic) bond motifs is 3. The van der Waals surface area contributed by atoms with Crippen LogP contribution in [0.3, 0.4) is 0 Å². The summed E-state index contributed by atoms with van der Waals surface area (Å²) >= 11 is 0. The molecule has 1 atom stereocenters. The van der Waals surface area contributed by atoms with Crippen LogP contribution in [-0.4, -0.2) is 16.2 Å². The van der Waals surface area contributed by atoms with Gasteiger partial charge in [-0.1, -0.05) is 152 Å². The molecule has 0 aliphatic carbocycles. The van der Waals surface area contributed by atoms with Crippen LogP contribution in [0.4, 0.5) is 0 Å². The summed E-state index contributed by atoms with van der Waals surface area (Å²) in [6.45, 7) is 0. The highest BCUT2D eigenvalue weighted by Gasteiger charge is 2.22. The maximum Gasteiger partial charge on any atom is 0.169 e. The molecule has 0 fully saturated rings. The van der Waals surface area contributed by atoms with Gasteiger partial charge in [-0.2, -0.15) is 0 Å². The topological polar surface area (TPSA) is 41.7 Å². The Morgan fingerprint density at radius 2 is 0.878 bits per heavy atom. The fourth-order valence-corrected chi connectivity index (χ4v) is 6.85. The summed E-state index contributed by atoms with van der Waals surface area (Å²) in [5.74, 6) is 1.58. The second kappa shape index (κ2) is 12.3. The molecule has 4 heteroatoms. The number of amidine groups is 2. The van der Waals surface area contributed by atoms with Crippen molar-refractivity contribution in [2.75, 3.05) is 0 Å². The highest BCUT2D eigenvalue weighted by Crippen LogP contribution is 2.33. The van der Waals surface area contributed by atoms with Gasteiger partial charge in [0.1, 0.15) is 11.7 Å². The van der Waals surface area contributed by atoms with Gasteiger partial charge in [0.2, 0.25) is 0 Å². The lowest BCUT2D eigenvalue weighted by Crippen LogP contribution is -2.36. The van der Waals surface area contributed by atoms with Gasteiger partial charge in [-0.15, -0.1) is 0 Å². The van der Waals surface area contributed by atoms with Crippen molar-refractivity contribution in [3.63, 3.8) is 0 Å². The van der Waals surface area contributed by atoms with Crippen LogP contribution in [0.1, 0.15) is 22.9 Å². The third-order valence-electron chi connectivity index (χ3n) is 9.25. The Morgan fingerprint density at radius 1 is 0.388 bits per heavy atom. The van der Waals surface area contributed by atoms with Crippen LogP contribution in [0.5, 0.6) is 0 Å². The zero-order chi connectivity index (χ0) is 32.6. The number of rotatable bonds is 6. The third-order valence-corrected chi connectivity index (χ3v) is 9.25. The Bertz CT molecular complexity index is 2460. The van der Waals surface area contributed by atoms with Crippen molar-refractivity contribution in [1.29, 1.82) is 0 Å². The molecule has 0 spiro atoms. The highest BCUT2D eigenvalue weighted by molar-refractivity contribution is 6.16. The van der Waals surface area contributed by atoms with Crippen LogP contribution in [0.25, 0.3) is 49.7 Å². The number of hydrogen-bond donors (Lipinski definition) is 1. The molecular weight excluding hydrogens is 597 g/mol. The number of aliphatic imine (C=N–C) groups is 2. The number of benzene rings is 7. The van der Waals surface area contributed by atoms with Gasteiger partial charge < -0.3 is 9.88 Å². The molecule has 0 saturated heterocycles. The lowest BCUT2D eigenvalue weighted by molar-refractivity contribution is 0.756. The van der Waals surface area contributed by atoms with E-state index in [1.165, 1.54) is 38.5 Å². The van der Waals surface area contributed by atoms with Crippen molar-refractivity contribution in [3.8, 4) is 27.9 Å². The Kier molecular flexibility index (Phi) is 7.17. The number of para-hydroxylation sites is 2. The van der Waals surface area contributed by atoms with Gasteiger partial charge in [-0.05, 0) is 58.1 Å². The van der Waals surface area contributed by atoms with Crippen molar-refractivity contribution in [3.05, 3.63) is 199 Å². The van der Waals surface area contributed by atoms with E-state index in [1.54, 1.807) is 0 Å². The smallest absolute Gasteiger partial charge is 0.169 e. The van der Waals surface area contributed by atoms with Crippen molar-refractivity contribution in [2.45, 2.75) is 6.17 Å². The van der Waals surface area contributed by atoms with E-state index in [0.717, 1.165) is 39.6 Å². The van der Waals surface area contributed by atoms with Crippen LogP contribution >= 0.6 is 0 Å². The van der Waals surface area contributed by atoms with E-state index < -0.39 is 6.17 Å². The fourth-order valence-electron chi connectivity index (χ4n) is 6.85. The van der Waals surface area contributed by atoms with Crippen LogP contribution in [0, 0.1) is 0 Å². The first-order valence-corrected chi connectivity index (χ1v) is 16.6. The van der Waals surface area contributed by atoms with Gasteiger partial charge in [0, 0.05) is 27.6 Å². The molecular formula is C45H32N4. The molecule has 2 heterocycles. The molecule has 0 radical (unpaired) electrons. The minimum Gasteiger partial charge on any atom is -0.324 e. The second-order valence-corrected chi connectivity index (χ2v) is 12.3. The fraction of sp³-hybridized carbons (Fsp3) is 0.0222. The molecule has 1 aliphatic rings. The summed E-state index contributed by atoms with van der Waals surface area (Å²) < 4.78 is 2.34. The Balaban J connectivity index is 1.15. The molecule has 1 aliphatic heterocycles. The molecule has 49 heavy (non-hydrogen) atoms. The summed E-state index contributed by atoms with van der Waals surface area (Å²) in [5, 5.41) is 6.11. The summed E-state index contributed by atoms with van der Waals surface area (Å²) in [4.78, 5) is 10.5. The van der Waals surface area contributed by atoms with Crippen LogP contribution < -0.4 is 5.32 Å². The number of hydrogen-bond acceptors (Lipinski definition) is 3. The lowest BCUT2D eigenvalue weighted by Gasteiger charge is -2.23. The third kappa shape index (κ3) is 5.39. The van der Waals surface area contributed by atoms with Crippen molar-refractivity contribution in [1.82, 2.24) is 9.88 Å². The predicted molar refractivity (Wildman–Crippen MR) is 203 cm³/mol. The van der Waals surface area contributed by atoms with E-state index in [0.29, 0.717) is 0 Å². The predicted octanol–water partition coefficient (Wildman–Crippen LogP) is 10.6. The summed E-state index contributed by atoms with van der Waals surface area (Å²) in [6, 6.07) is 63.9. The summed E-state index contributed by atoms with van der Waals surface area (Å²) in [7, 11) is 0. The van der Waals surface area contributed by atoms with E-state index in [-0.39, 0.29) is 0 Å². The minimum atomic E-state index is -0.416. The quantitative estimate of drug-likeness (QED) is 0.196. The van der Waals surface area contributed by atoms with Gasteiger partial charge in [-0.25, -0.2) is 9.98 Å². The highest BCUT2D eigenvalue weighted by atomic mass is 15.2. The van der Waals surface area contributed by atoms with Crippen molar-refractivity contribution in [2.24, 2.45) is 9.98 Å². The standard InChI is InChI=1S/C45H32N4/c1-3-13-31(14-4-1)33-25-27-34(28-26-33)43-46-44(36-18-11-17-35(29-36)32-15-5-2-6-16-32)48-45(47-43)37-19-12-20-38(30-37)49-41-23-9-7-21-39(41)40-22-8-10-24-42(40)49/h1-30,44H,(H,46,47,48). The SMILES string of the molecule is c1ccc(-c2ccc(C3=NC(c4cccc(-c5ccccc5)c4)N=C(c4cccc(-n5c6ccccc6c6ccccc65)c4)N3)cc2)cc1. The summed E-state index contributed by atoms with van der Waals surface area (Å²) in [5.41, 5.74) is 11.1. The minimum absolute atomic E-state index is 0.416. The van der Waals surface area contributed by atoms with E-state index in [4.69, 9.17) is 9.98 Å². The lowest BCUT2D eigenvalue weighted by atomic mass is 10.0. The Hall–Kier alpha value is -6.52. The Morgan fingerprint density at radius 3 is 1.55 bits per heavy atom. The van der Waals surface area contributed by atoms with Crippen molar-refractivity contribution >= 4 is 33.5 Å². The zero-order valence-electron chi connectivity index (χ0n) is 26.7. The zero-order valence-corrected chi connectivity index (χ0v) is 26.7. The monoisotopic (exact) mass is 628 g/mol. The number of nitrogens with zero attached hydrogens (tertiary/aromatic N) is 3. The van der Waals surface area contributed by atoms with Crippen LogP contribution in [0.2, 0.25) is 0 Å². The summed E-state index contributed by atoms with van der Waals surface area (Å²) in [6.07, 6.45) is -0.416. The molecule has 232 valence electrons. The van der Waals surface area contributed by atoms with E-state index in [2.05, 4.69) is 180 Å². The van der Waals surface area contributed by atoms with Gasteiger partial charge in [0.15, 0.2) is 6.17 Å². The van der Waals surface area contributed by atoms with E-state index in [9.17, 15) is 0 Å². The molecule has 9 rings (SSSR count). The normalized spacial score (nSPS) is 14.3.